The average molecular weight is 368 g/mol. The van der Waals surface area contributed by atoms with Gasteiger partial charge in [-0.05, 0) is 50.6 Å². The molecule has 134 valence electrons. The number of para-hydroxylation sites is 1. The number of thioether (sulfide) groups is 1. The van der Waals surface area contributed by atoms with E-state index in [9.17, 15) is 9.59 Å². The monoisotopic (exact) mass is 368 g/mol. The van der Waals surface area contributed by atoms with Crippen LogP contribution in [0.5, 0.6) is 5.75 Å². The second-order valence-corrected chi connectivity index (χ2v) is 7.41. The van der Waals surface area contributed by atoms with Crippen LogP contribution in [0.4, 0.5) is 0 Å². The Kier molecular flexibility index (Phi) is 5.13. The Morgan fingerprint density at radius 2 is 1.96 bits per heavy atom. The molecule has 2 aromatic carbocycles. The first-order valence-electron chi connectivity index (χ1n) is 8.26. The van der Waals surface area contributed by atoms with E-state index in [1.54, 1.807) is 19.2 Å². The third-order valence-corrected chi connectivity index (χ3v) is 5.35. The Hall–Kier alpha value is -2.60. The first kappa shape index (κ1) is 18.2. The van der Waals surface area contributed by atoms with E-state index in [1.807, 2.05) is 44.2 Å². The van der Waals surface area contributed by atoms with Crippen LogP contribution in [0.15, 0.2) is 52.4 Å². The molecule has 3 aromatic rings. The third kappa shape index (κ3) is 3.37. The lowest BCUT2D eigenvalue weighted by molar-refractivity contribution is -0.116. The van der Waals surface area contributed by atoms with E-state index in [0.29, 0.717) is 27.5 Å². The molecule has 0 fully saturated rings. The maximum Gasteiger partial charge on any atom is 0.266 e. The number of rotatable bonds is 5. The first-order chi connectivity index (χ1) is 12.4. The maximum absolute atomic E-state index is 13.2. The van der Waals surface area contributed by atoms with E-state index in [1.165, 1.54) is 23.3 Å². The lowest BCUT2D eigenvalue weighted by atomic mass is 10.2. The Labute approximate surface area is 156 Å². The fourth-order valence-electron chi connectivity index (χ4n) is 2.62. The zero-order valence-corrected chi connectivity index (χ0v) is 16.0. The summed E-state index contributed by atoms with van der Waals surface area (Å²) in [4.78, 5) is 29.7. The van der Waals surface area contributed by atoms with Crippen molar-refractivity contribution in [2.75, 3.05) is 7.11 Å². The third-order valence-electron chi connectivity index (χ3n) is 4.17. The fraction of sp³-hybridized carbons (Fsp3) is 0.250. The molecule has 0 radical (unpaired) electrons. The topological polar surface area (TPSA) is 61.2 Å². The van der Waals surface area contributed by atoms with Gasteiger partial charge < -0.3 is 4.74 Å². The second kappa shape index (κ2) is 7.33. The molecule has 1 heterocycles. The highest BCUT2D eigenvalue weighted by atomic mass is 32.2. The van der Waals surface area contributed by atoms with E-state index < -0.39 is 0 Å². The molecule has 6 heteroatoms. The minimum absolute atomic E-state index is 0.0279. The number of benzene rings is 2. The molecule has 0 aliphatic rings. The molecular formula is C20H20N2O3S. The number of aryl methyl sites for hydroxylation is 1. The number of carbonyl (C=O) groups excluding carboxylic acids is 1. The number of Topliss-reactive ketones (excluding diaryl/α,β-unsaturated/α-hetero) is 1. The Bertz CT molecular complexity index is 1040. The lowest BCUT2D eigenvalue weighted by Gasteiger charge is -2.17. The van der Waals surface area contributed by atoms with Gasteiger partial charge in [-0.15, -0.1) is 0 Å². The van der Waals surface area contributed by atoms with Crippen molar-refractivity contribution < 1.29 is 9.53 Å². The summed E-state index contributed by atoms with van der Waals surface area (Å²) in [7, 11) is 1.57. The molecule has 26 heavy (non-hydrogen) atoms. The summed E-state index contributed by atoms with van der Waals surface area (Å²) in [6.07, 6.45) is 0. The van der Waals surface area contributed by atoms with Crippen LogP contribution < -0.4 is 10.3 Å². The fourth-order valence-corrected chi connectivity index (χ4v) is 3.54. The van der Waals surface area contributed by atoms with Crippen LogP contribution in [0.2, 0.25) is 0 Å². The maximum atomic E-state index is 13.2. The van der Waals surface area contributed by atoms with Crippen LogP contribution in [0.1, 0.15) is 19.4 Å². The van der Waals surface area contributed by atoms with Crippen LogP contribution in [0.3, 0.4) is 0 Å². The number of hydrogen-bond donors (Lipinski definition) is 0. The zero-order chi connectivity index (χ0) is 18.8. The molecule has 0 unspecified atom stereocenters. The summed E-state index contributed by atoms with van der Waals surface area (Å²) in [5.74, 6) is 0.604. The number of fused-ring (bicyclic) bond motifs is 1. The van der Waals surface area contributed by atoms with Crippen molar-refractivity contribution in [1.29, 1.82) is 0 Å². The normalized spacial score (nSPS) is 12.2. The number of ketones is 1. The largest absolute Gasteiger partial charge is 0.495 e. The average Bonchev–Trinajstić information content (AvgIpc) is 2.62. The van der Waals surface area contributed by atoms with Crippen molar-refractivity contribution in [2.45, 2.75) is 31.2 Å². The van der Waals surface area contributed by atoms with Gasteiger partial charge in [0.25, 0.3) is 5.56 Å². The highest BCUT2D eigenvalue weighted by Crippen LogP contribution is 2.30. The Morgan fingerprint density at radius 1 is 1.23 bits per heavy atom. The molecule has 0 aliphatic heterocycles. The lowest BCUT2D eigenvalue weighted by Crippen LogP contribution is -2.23. The van der Waals surface area contributed by atoms with Gasteiger partial charge >= 0.3 is 0 Å². The van der Waals surface area contributed by atoms with Crippen molar-refractivity contribution in [3.8, 4) is 11.4 Å². The van der Waals surface area contributed by atoms with E-state index in [4.69, 9.17) is 4.74 Å². The van der Waals surface area contributed by atoms with Crippen LogP contribution >= 0.6 is 11.8 Å². The highest BCUT2D eigenvalue weighted by molar-refractivity contribution is 8.00. The molecule has 0 bridgehead atoms. The predicted molar refractivity (Wildman–Crippen MR) is 105 cm³/mol. The van der Waals surface area contributed by atoms with Gasteiger partial charge in [0.05, 0.1) is 29.0 Å². The van der Waals surface area contributed by atoms with Gasteiger partial charge in [0.15, 0.2) is 5.16 Å². The van der Waals surface area contributed by atoms with Gasteiger partial charge in [-0.25, -0.2) is 4.98 Å². The van der Waals surface area contributed by atoms with Crippen molar-refractivity contribution in [1.82, 2.24) is 9.55 Å². The molecule has 0 amide bonds. The number of aromatic nitrogens is 2. The molecule has 1 atom stereocenters. The number of nitrogens with zero attached hydrogens (tertiary/aromatic N) is 2. The predicted octanol–water partition coefficient (Wildman–Crippen LogP) is 3.77. The highest BCUT2D eigenvalue weighted by Gasteiger charge is 2.20. The molecule has 5 nitrogen and oxygen atoms in total. The van der Waals surface area contributed by atoms with Crippen LogP contribution in [0, 0.1) is 6.92 Å². The van der Waals surface area contributed by atoms with Crippen molar-refractivity contribution in [3.63, 3.8) is 0 Å². The summed E-state index contributed by atoms with van der Waals surface area (Å²) in [6, 6.07) is 12.9. The van der Waals surface area contributed by atoms with Gasteiger partial charge in [0.1, 0.15) is 11.5 Å². The van der Waals surface area contributed by atoms with Gasteiger partial charge in [0.2, 0.25) is 0 Å². The second-order valence-electron chi connectivity index (χ2n) is 6.10. The molecule has 0 spiro atoms. The minimum atomic E-state index is -0.315. The molecule has 0 N–H and O–H groups in total. The number of ether oxygens (including phenoxy) is 1. The summed E-state index contributed by atoms with van der Waals surface area (Å²) in [5.41, 5.74) is 2.04. The van der Waals surface area contributed by atoms with Crippen LogP contribution in [0.25, 0.3) is 16.6 Å². The van der Waals surface area contributed by atoms with Crippen LogP contribution in [-0.4, -0.2) is 27.7 Å². The quantitative estimate of drug-likeness (QED) is 0.507. The first-order valence-corrected chi connectivity index (χ1v) is 9.14. The summed E-state index contributed by atoms with van der Waals surface area (Å²) >= 11 is 1.27. The Morgan fingerprint density at radius 3 is 2.65 bits per heavy atom. The number of methoxy groups -OCH3 is 1. The summed E-state index contributed by atoms with van der Waals surface area (Å²) in [5, 5.41) is 0.682. The number of hydrogen-bond acceptors (Lipinski definition) is 5. The van der Waals surface area contributed by atoms with Gasteiger partial charge in [0, 0.05) is 0 Å². The summed E-state index contributed by atoms with van der Waals surface area (Å²) < 4.78 is 7.01. The SMILES string of the molecule is COc1ccc(C)cc1-n1c(S[C@@H](C)C(C)=O)nc2ccccc2c1=O. The molecule has 0 saturated heterocycles. The smallest absolute Gasteiger partial charge is 0.266 e. The van der Waals surface area contributed by atoms with Crippen LogP contribution in [-0.2, 0) is 4.79 Å². The zero-order valence-electron chi connectivity index (χ0n) is 15.1. The Balaban J connectivity index is 2.35. The van der Waals surface area contributed by atoms with E-state index in [2.05, 4.69) is 4.98 Å². The van der Waals surface area contributed by atoms with Crippen molar-refractivity contribution in [3.05, 3.63) is 58.4 Å². The minimum Gasteiger partial charge on any atom is -0.495 e. The van der Waals surface area contributed by atoms with Gasteiger partial charge in [-0.3, -0.25) is 14.2 Å². The molecule has 0 saturated carbocycles. The molecular weight excluding hydrogens is 348 g/mol. The van der Waals surface area contributed by atoms with E-state index in [-0.39, 0.29) is 16.6 Å². The van der Waals surface area contributed by atoms with E-state index in [0.717, 1.165) is 5.56 Å². The van der Waals surface area contributed by atoms with Gasteiger partial charge in [-0.1, -0.05) is 30.0 Å². The summed E-state index contributed by atoms with van der Waals surface area (Å²) in [6.45, 7) is 5.30. The molecule has 1 aromatic heterocycles. The molecule has 0 aliphatic carbocycles. The van der Waals surface area contributed by atoms with Gasteiger partial charge in [-0.2, -0.15) is 0 Å². The standard InChI is InChI=1S/C20H20N2O3S/c1-12-9-10-18(25-4)17(11-12)22-19(24)15-7-5-6-8-16(15)21-20(22)26-14(3)13(2)23/h5-11,14H,1-4H3/t14-/m0/s1. The van der Waals surface area contributed by atoms with Crippen molar-refractivity contribution >= 4 is 28.4 Å². The molecule has 3 rings (SSSR count). The van der Waals surface area contributed by atoms with Crippen molar-refractivity contribution in [2.24, 2.45) is 0 Å². The van der Waals surface area contributed by atoms with E-state index >= 15 is 0 Å². The number of carbonyl (C=O) groups is 1.